The van der Waals surface area contributed by atoms with Crippen LogP contribution in [0, 0.1) is 11.8 Å². The summed E-state index contributed by atoms with van der Waals surface area (Å²) in [6, 6.07) is 12.8. The molecule has 2 saturated heterocycles. The lowest BCUT2D eigenvalue weighted by Crippen LogP contribution is -2.52. The highest BCUT2D eigenvalue weighted by atomic mass is 79.9. The third-order valence-electron chi connectivity index (χ3n) is 12.8. The molecule has 6 atom stereocenters. The summed E-state index contributed by atoms with van der Waals surface area (Å²) >= 11 is 3.70. The molecule has 8 rings (SSSR count). The number of hydrogen-bond acceptors (Lipinski definition) is 8. The lowest BCUT2D eigenvalue weighted by Gasteiger charge is -2.33. The Labute approximate surface area is 364 Å². The third-order valence-corrected chi connectivity index (χ3v) is 13.4. The van der Waals surface area contributed by atoms with Crippen molar-refractivity contribution in [2.45, 2.75) is 123 Å². The number of imidazole rings is 2. The van der Waals surface area contributed by atoms with Gasteiger partial charge in [-0.2, -0.15) is 0 Å². The molecule has 4 amide bonds. The van der Waals surface area contributed by atoms with Crippen LogP contribution in [0.4, 0.5) is 4.79 Å². The quantitative estimate of drug-likeness (QED) is 0.108. The minimum Gasteiger partial charge on any atom is -0.488 e. The smallest absolute Gasteiger partial charge is 0.407 e. The molecule has 3 aromatic carbocycles. The summed E-state index contributed by atoms with van der Waals surface area (Å²) < 4.78 is 11.9. The molecule has 2 fully saturated rings. The highest BCUT2D eigenvalue weighted by molar-refractivity contribution is 9.10. The second-order valence-corrected chi connectivity index (χ2v) is 18.2. The van der Waals surface area contributed by atoms with Gasteiger partial charge in [0.2, 0.25) is 17.7 Å². The van der Waals surface area contributed by atoms with Crippen molar-refractivity contribution in [3.8, 4) is 28.1 Å². The second kappa shape index (κ2) is 16.8. The van der Waals surface area contributed by atoms with Crippen LogP contribution in [-0.4, -0.2) is 84.8 Å². The molecule has 5 aromatic rings. The average molecular weight is 896 g/mol. The normalized spacial score (nSPS) is 20.8. The van der Waals surface area contributed by atoms with E-state index in [1.165, 1.54) is 7.11 Å². The number of rotatable bonds is 10. The number of fused-ring (bicyclic) bond motifs is 6. The predicted octanol–water partition coefficient (Wildman–Crippen LogP) is 8.46. The van der Waals surface area contributed by atoms with Crippen LogP contribution in [0.2, 0.25) is 0 Å². The van der Waals surface area contributed by atoms with Gasteiger partial charge >= 0.3 is 6.09 Å². The molecule has 0 saturated carbocycles. The number of nitrogens with one attached hydrogen (secondary N) is 4. The van der Waals surface area contributed by atoms with Crippen molar-refractivity contribution < 1.29 is 28.7 Å². The molecule has 2 aromatic heterocycles. The lowest BCUT2D eigenvalue weighted by atomic mass is 9.92. The molecule has 15 heteroatoms. The summed E-state index contributed by atoms with van der Waals surface area (Å²) in [6.45, 7) is 14.0. The maximum atomic E-state index is 14.0. The Bertz CT molecular complexity index is 2530. The molecular weight excluding hydrogens is 840 g/mol. The van der Waals surface area contributed by atoms with Gasteiger partial charge in [-0.15, -0.1) is 0 Å². The van der Waals surface area contributed by atoms with Gasteiger partial charge in [0.1, 0.15) is 40.7 Å². The van der Waals surface area contributed by atoms with E-state index in [1.807, 2.05) is 50.5 Å². The first-order chi connectivity index (χ1) is 29.2. The zero-order valence-electron chi connectivity index (χ0n) is 36.0. The number of alkyl carbamates (subject to hydrolysis) is 1. The maximum absolute atomic E-state index is 14.0. The van der Waals surface area contributed by atoms with Crippen LogP contribution >= 0.6 is 15.9 Å². The minimum absolute atomic E-state index is 0.0117. The number of benzene rings is 3. The van der Waals surface area contributed by atoms with Crippen molar-refractivity contribution in [2.75, 3.05) is 7.11 Å². The van der Waals surface area contributed by atoms with Gasteiger partial charge < -0.3 is 39.9 Å². The van der Waals surface area contributed by atoms with Crippen LogP contribution < -0.4 is 15.4 Å². The maximum Gasteiger partial charge on any atom is 0.407 e. The Kier molecular flexibility index (Phi) is 11.6. The number of nitrogens with zero attached hydrogens (tertiary/aromatic N) is 4. The fourth-order valence-corrected chi connectivity index (χ4v) is 9.92. The first-order valence-electron chi connectivity index (χ1n) is 21.4. The van der Waals surface area contributed by atoms with Crippen molar-refractivity contribution in [1.29, 1.82) is 0 Å². The van der Waals surface area contributed by atoms with Gasteiger partial charge in [0.25, 0.3) is 0 Å². The molecule has 3 aliphatic heterocycles. The molecule has 61 heavy (non-hydrogen) atoms. The van der Waals surface area contributed by atoms with Crippen LogP contribution in [0.1, 0.15) is 110 Å². The molecule has 4 N–H and O–H groups in total. The summed E-state index contributed by atoms with van der Waals surface area (Å²) in [5.74, 6) is 1.64. The van der Waals surface area contributed by atoms with Gasteiger partial charge in [0, 0.05) is 35.0 Å². The summed E-state index contributed by atoms with van der Waals surface area (Å²) in [5, 5.41) is 7.71. The fraction of sp³-hybridized carbons (Fsp3) is 0.478. The standard InChI is InChI=1S/C46H55BrN8O6/c1-9-36(56)49-37(22(2)3)44(57)54-24(6)10-16-33(54)42-48-32-15-13-26-19-31-29-14-12-27(18-28(29)21-61-35(31)20-30(26)40(32)51-42)39-41(47)53-43(50-39)34-17-11-25(7)55(34)45(58)38(23(4)5)52-46(59)60-8/h12-15,18-20,22-25,33-34,37-38H,9-11,16-17,21H2,1-8H3,(H,48,51)(H,49,56)(H,50,53)(H,52,59)/t24-,25-,33-,34-,37-,38-/m0/s1. The highest BCUT2D eigenvalue weighted by Crippen LogP contribution is 2.45. The van der Waals surface area contributed by atoms with E-state index < -0.39 is 18.2 Å². The Balaban J connectivity index is 1.06. The number of hydrogen-bond donors (Lipinski definition) is 4. The predicted molar refractivity (Wildman–Crippen MR) is 236 cm³/mol. The van der Waals surface area contributed by atoms with E-state index in [9.17, 15) is 19.2 Å². The van der Waals surface area contributed by atoms with Crippen LogP contribution in [0.15, 0.2) is 47.1 Å². The number of aromatic nitrogens is 4. The van der Waals surface area contributed by atoms with E-state index in [-0.39, 0.29) is 53.7 Å². The van der Waals surface area contributed by atoms with Crippen molar-refractivity contribution in [1.82, 2.24) is 40.4 Å². The number of ether oxygens (including phenoxy) is 2. The zero-order chi connectivity index (χ0) is 43.4. The van der Waals surface area contributed by atoms with Crippen molar-refractivity contribution in [3.63, 3.8) is 0 Å². The van der Waals surface area contributed by atoms with Gasteiger partial charge in [-0.25, -0.2) is 14.8 Å². The second-order valence-electron chi connectivity index (χ2n) is 17.5. The molecule has 0 radical (unpaired) electrons. The van der Waals surface area contributed by atoms with Crippen molar-refractivity contribution in [3.05, 3.63) is 64.3 Å². The van der Waals surface area contributed by atoms with Gasteiger partial charge in [-0.1, -0.05) is 52.8 Å². The van der Waals surface area contributed by atoms with Crippen LogP contribution in [0.3, 0.4) is 0 Å². The number of aromatic amines is 2. The summed E-state index contributed by atoms with van der Waals surface area (Å²) in [4.78, 5) is 73.3. The first-order valence-corrected chi connectivity index (χ1v) is 22.2. The van der Waals surface area contributed by atoms with E-state index in [0.717, 1.165) is 87.0 Å². The third kappa shape index (κ3) is 7.74. The number of amides is 4. The Morgan fingerprint density at radius 3 is 2.10 bits per heavy atom. The Hall–Kier alpha value is -5.44. The van der Waals surface area contributed by atoms with E-state index in [4.69, 9.17) is 19.4 Å². The molecule has 0 unspecified atom stereocenters. The molecule has 0 aliphatic carbocycles. The number of methoxy groups -OCH3 is 1. The van der Waals surface area contributed by atoms with Gasteiger partial charge in [0.15, 0.2) is 0 Å². The van der Waals surface area contributed by atoms with Crippen molar-refractivity contribution in [2.24, 2.45) is 11.8 Å². The zero-order valence-corrected chi connectivity index (χ0v) is 37.6. The van der Waals surface area contributed by atoms with Crippen LogP contribution in [-0.2, 0) is 25.7 Å². The van der Waals surface area contributed by atoms with Gasteiger partial charge in [-0.05, 0) is 108 Å². The number of carbonyl (C=O) groups excluding carboxylic acids is 4. The molecule has 3 aliphatic rings. The van der Waals surface area contributed by atoms with Gasteiger partial charge in [-0.3, -0.25) is 14.4 Å². The number of H-pyrrole nitrogens is 2. The van der Waals surface area contributed by atoms with E-state index >= 15 is 0 Å². The van der Waals surface area contributed by atoms with Crippen LogP contribution in [0.25, 0.3) is 44.2 Å². The Morgan fingerprint density at radius 2 is 1.48 bits per heavy atom. The average Bonchev–Trinajstić information content (AvgIpc) is 4.04. The number of carbonyl (C=O) groups is 4. The number of likely N-dealkylation sites (tertiary alicyclic amines) is 2. The van der Waals surface area contributed by atoms with E-state index in [0.29, 0.717) is 23.5 Å². The minimum atomic E-state index is -0.730. The highest BCUT2D eigenvalue weighted by Gasteiger charge is 2.43. The monoisotopic (exact) mass is 894 g/mol. The first kappa shape index (κ1) is 42.3. The summed E-state index contributed by atoms with van der Waals surface area (Å²) in [7, 11) is 1.29. The number of halogens is 1. The molecule has 5 heterocycles. The van der Waals surface area contributed by atoms with E-state index in [2.05, 4.69) is 79.9 Å². The molecule has 322 valence electrons. The largest absolute Gasteiger partial charge is 0.488 e. The summed E-state index contributed by atoms with van der Waals surface area (Å²) in [6.07, 6.45) is 2.85. The Morgan fingerprint density at radius 1 is 0.836 bits per heavy atom. The van der Waals surface area contributed by atoms with Gasteiger partial charge in [0.05, 0.1) is 35.9 Å². The van der Waals surface area contributed by atoms with Crippen LogP contribution in [0.5, 0.6) is 5.75 Å². The summed E-state index contributed by atoms with van der Waals surface area (Å²) in [5.41, 5.74) is 6.56. The molecule has 0 bridgehead atoms. The lowest BCUT2D eigenvalue weighted by molar-refractivity contribution is -0.140. The SMILES string of the molecule is CCC(=O)N[C@H](C(=O)N1[C@@H](C)CC[C@H]1c1nc2ccc3cc4c(cc3c2[nH]1)OCc1cc(-c2[nH]c([C@@H]3CC[C@H](C)N3C(=O)[C@@H](NC(=O)OC)C(C)C)nc2Br)ccc1-4)C(C)C. The molecular formula is C46H55BrN8O6. The van der Waals surface area contributed by atoms with E-state index in [1.54, 1.807) is 6.92 Å². The van der Waals surface area contributed by atoms with Crippen molar-refractivity contribution >= 4 is 61.6 Å². The molecule has 0 spiro atoms. The molecule has 14 nitrogen and oxygen atoms in total. The fourth-order valence-electron chi connectivity index (χ4n) is 9.40. The topological polar surface area (TPSA) is 175 Å².